The van der Waals surface area contributed by atoms with E-state index in [0.29, 0.717) is 35.4 Å². The van der Waals surface area contributed by atoms with Crippen LogP contribution in [0.15, 0.2) is 57.5 Å². The van der Waals surface area contributed by atoms with Crippen LogP contribution in [-0.2, 0) is 17.8 Å². The van der Waals surface area contributed by atoms with Gasteiger partial charge in [-0.05, 0) is 61.1 Å². The van der Waals surface area contributed by atoms with Gasteiger partial charge in [0.2, 0.25) is 5.69 Å². The molecule has 1 aliphatic rings. The maximum absolute atomic E-state index is 13.2. The molecule has 0 spiro atoms. The van der Waals surface area contributed by atoms with Crippen molar-refractivity contribution in [2.45, 2.75) is 39.3 Å². The lowest BCUT2D eigenvalue weighted by atomic mass is 9.96. The van der Waals surface area contributed by atoms with Crippen molar-refractivity contribution in [1.29, 1.82) is 0 Å². The zero-order valence-corrected chi connectivity index (χ0v) is 25.0. The number of hydrogen-bond donors (Lipinski definition) is 6. The first-order valence-corrected chi connectivity index (χ1v) is 14.1. The minimum Gasteiger partial charge on any atom is -0.347 e. The van der Waals surface area contributed by atoms with E-state index in [-0.39, 0.29) is 35.3 Å². The minimum atomic E-state index is -1.00. The predicted molar refractivity (Wildman–Crippen MR) is 167 cm³/mol. The Labute approximate surface area is 261 Å². The molecule has 1 atom stereocenters. The largest absolute Gasteiger partial charge is 0.430 e. The van der Waals surface area contributed by atoms with Gasteiger partial charge in [-0.2, -0.15) is 0 Å². The summed E-state index contributed by atoms with van der Waals surface area (Å²) in [6, 6.07) is 9.90. The second-order valence-electron chi connectivity index (χ2n) is 10.7. The van der Waals surface area contributed by atoms with Gasteiger partial charge >= 0.3 is 6.09 Å². The highest BCUT2D eigenvalue weighted by molar-refractivity contribution is 6.00. The van der Waals surface area contributed by atoms with E-state index in [2.05, 4.69) is 41.6 Å². The molecule has 5 rings (SSSR count). The van der Waals surface area contributed by atoms with E-state index >= 15 is 0 Å². The molecule has 0 unspecified atom stereocenters. The number of amides is 3. The fourth-order valence-electron chi connectivity index (χ4n) is 5.37. The summed E-state index contributed by atoms with van der Waals surface area (Å²) >= 11 is 0. The molecule has 1 aliphatic carbocycles. The van der Waals surface area contributed by atoms with Gasteiger partial charge in [-0.15, -0.1) is 0 Å². The molecule has 0 saturated carbocycles. The highest BCUT2D eigenvalue weighted by atomic mass is 16.7. The van der Waals surface area contributed by atoms with Gasteiger partial charge in [0.25, 0.3) is 22.7 Å². The molecule has 10 N–H and O–H groups in total. The zero-order valence-electron chi connectivity index (χ0n) is 25.0. The average Bonchev–Trinajstić information content (AvgIpc) is 3.47. The van der Waals surface area contributed by atoms with Crippen LogP contribution >= 0.6 is 0 Å². The van der Waals surface area contributed by atoms with E-state index in [9.17, 15) is 24.0 Å². The van der Waals surface area contributed by atoms with Gasteiger partial charge in [0.1, 0.15) is 17.7 Å². The van der Waals surface area contributed by atoms with E-state index in [0.717, 1.165) is 28.6 Å². The van der Waals surface area contributed by atoms with Crippen LogP contribution in [0.2, 0.25) is 0 Å². The number of nitrogens with one attached hydrogen (secondary N) is 3. The highest BCUT2D eigenvalue weighted by Gasteiger charge is 2.28. The number of primary amides is 1. The molecule has 0 aliphatic heterocycles. The van der Waals surface area contributed by atoms with Crippen LogP contribution < -0.4 is 43.7 Å². The number of rotatable bonds is 10. The zero-order chi connectivity index (χ0) is 33.1. The smallest absolute Gasteiger partial charge is 0.347 e. The topological polar surface area (TPSA) is 248 Å². The molecule has 0 fully saturated rings. The molecule has 15 nitrogen and oxygen atoms in total. The van der Waals surface area contributed by atoms with Crippen LogP contribution in [0.3, 0.4) is 0 Å². The fourth-order valence-corrected chi connectivity index (χ4v) is 5.37. The van der Waals surface area contributed by atoms with Crippen molar-refractivity contribution >= 4 is 46.9 Å². The molecular weight excluding hydrogens is 594 g/mol. The average molecular weight is 626 g/mol. The Hall–Kier alpha value is -6.09. The third-order valence-electron chi connectivity index (χ3n) is 7.81. The lowest BCUT2D eigenvalue weighted by Crippen LogP contribution is -2.54. The van der Waals surface area contributed by atoms with Gasteiger partial charge in [0.05, 0.1) is 23.0 Å². The summed E-state index contributed by atoms with van der Waals surface area (Å²) in [5.41, 5.74) is 13.5. The number of oxime groups is 1. The summed E-state index contributed by atoms with van der Waals surface area (Å²) in [6.07, 6.45) is 2.86. The third kappa shape index (κ3) is 6.25. The molecular formula is C31H31N9O6+2. The Bertz CT molecular complexity index is 2010. The molecule has 234 valence electrons. The summed E-state index contributed by atoms with van der Waals surface area (Å²) in [5.74, 6) is -0.995. The molecule has 0 bridgehead atoms. The van der Waals surface area contributed by atoms with Crippen LogP contribution in [0.25, 0.3) is 0 Å². The van der Waals surface area contributed by atoms with E-state index in [1.54, 1.807) is 25.1 Å². The molecule has 3 aromatic carbocycles. The molecule has 15 heteroatoms. The van der Waals surface area contributed by atoms with E-state index in [1.807, 2.05) is 19.1 Å². The van der Waals surface area contributed by atoms with E-state index in [1.165, 1.54) is 12.3 Å². The van der Waals surface area contributed by atoms with Crippen LogP contribution in [0.1, 0.15) is 73.7 Å². The number of carbonyl (C=O) groups excluding carboxylic acids is 3. The number of nitrogens with two attached hydrogens (primary N) is 2. The summed E-state index contributed by atoms with van der Waals surface area (Å²) in [6.45, 7) is 3.73. The molecule has 1 heterocycles. The van der Waals surface area contributed by atoms with Crippen molar-refractivity contribution in [1.82, 2.24) is 20.6 Å². The number of fused-ring (bicyclic) bond motifs is 1. The number of quaternary nitrogens is 1. The van der Waals surface area contributed by atoms with Crippen LogP contribution in [0, 0.1) is 6.92 Å². The number of aromatic nitrogens is 2. The predicted octanol–water partition coefficient (Wildman–Crippen LogP) is -0.657. The third-order valence-corrected chi connectivity index (χ3v) is 7.81. The second-order valence-corrected chi connectivity index (χ2v) is 10.7. The van der Waals surface area contributed by atoms with Gasteiger partial charge in [-0.1, -0.05) is 23.4 Å². The Morgan fingerprint density at radius 3 is 2.54 bits per heavy atom. The van der Waals surface area contributed by atoms with Crippen molar-refractivity contribution in [3.8, 4) is 0 Å². The Morgan fingerprint density at radius 1 is 1.11 bits per heavy atom. The van der Waals surface area contributed by atoms with Crippen molar-refractivity contribution in [2.24, 2.45) is 10.9 Å². The first-order valence-electron chi connectivity index (χ1n) is 14.1. The number of anilines is 2. The van der Waals surface area contributed by atoms with Gasteiger partial charge in [-0.25, -0.2) is 14.8 Å². The standard InChI is InChI=1S/C31H29N9O6/c1-14-18(15(2)40-46-31(34)45)5-6-20-19(14)7-8-21(20)39-30(44)24-10-23(36-13-37-24)29(43)35-12-16-3-4-17(11-32)22(9-16)38-26-25(33)27(41)28(26)42/h3-6,9-11,13,21,32,38H,7-8,12,33H2,1-2H3,(H2,34,45)(H,35,43)(H,39,44)/p+2/b32-11?,40-15+/t21-/m0/s1. The van der Waals surface area contributed by atoms with Crippen molar-refractivity contribution in [2.75, 3.05) is 5.32 Å². The number of benzene rings is 2. The summed E-state index contributed by atoms with van der Waals surface area (Å²) in [5, 5.41) is 18.1. The van der Waals surface area contributed by atoms with Gasteiger partial charge in [0.15, 0.2) is 11.9 Å². The SMILES string of the molecule is C/C(=N\OC(N)=O)c1ccc2c(c1C)CC[C@@H]2NC(=O)c1cc(C(=O)NCc2ccc(C=[NH2+])c(Nc3c([NH3+])c(=O)c3=O)c2)ncn1. The van der Waals surface area contributed by atoms with E-state index < -0.39 is 28.8 Å². The van der Waals surface area contributed by atoms with Crippen LogP contribution in [0.5, 0.6) is 0 Å². The van der Waals surface area contributed by atoms with Crippen LogP contribution in [0.4, 0.5) is 21.9 Å². The fraction of sp³-hybridized carbons (Fsp3) is 0.194. The first kappa shape index (κ1) is 31.3. The Balaban J connectivity index is 1.24. The maximum Gasteiger partial charge on any atom is 0.430 e. The second kappa shape index (κ2) is 12.9. The molecule has 1 aromatic heterocycles. The summed E-state index contributed by atoms with van der Waals surface area (Å²) in [7, 11) is 0. The molecule has 0 radical (unpaired) electrons. The Morgan fingerprint density at radius 2 is 1.85 bits per heavy atom. The van der Waals surface area contributed by atoms with Crippen molar-refractivity contribution < 1.29 is 30.4 Å². The monoisotopic (exact) mass is 625 g/mol. The summed E-state index contributed by atoms with van der Waals surface area (Å²) < 4.78 is 0. The lowest BCUT2D eigenvalue weighted by Gasteiger charge is -2.16. The Kier molecular flexibility index (Phi) is 8.77. The van der Waals surface area contributed by atoms with E-state index in [4.69, 9.17) is 11.1 Å². The number of hydrogen-bond acceptors (Lipinski definition) is 10. The quantitative estimate of drug-likeness (QED) is 0.0566. The number of nitrogens with zero attached hydrogens (tertiary/aromatic N) is 3. The first-order chi connectivity index (χ1) is 22.0. The molecule has 0 saturated heterocycles. The van der Waals surface area contributed by atoms with Gasteiger partial charge in [0, 0.05) is 18.2 Å². The van der Waals surface area contributed by atoms with Crippen LogP contribution in [-0.4, -0.2) is 39.8 Å². The lowest BCUT2D eigenvalue weighted by molar-refractivity contribution is -0.256. The summed E-state index contributed by atoms with van der Waals surface area (Å²) in [4.78, 5) is 73.1. The minimum absolute atomic E-state index is 0.00362. The van der Waals surface area contributed by atoms with Crippen molar-refractivity contribution in [3.05, 3.63) is 108 Å². The molecule has 4 aromatic rings. The number of carbonyl (C=O) groups is 3. The highest BCUT2D eigenvalue weighted by Crippen LogP contribution is 2.35. The molecule has 3 amide bonds. The maximum atomic E-state index is 13.2. The normalized spacial score (nSPS) is 14.0. The van der Waals surface area contributed by atoms with Crippen molar-refractivity contribution in [3.63, 3.8) is 0 Å². The van der Waals surface area contributed by atoms with Gasteiger partial charge < -0.3 is 27.4 Å². The molecule has 46 heavy (non-hydrogen) atoms. The van der Waals surface area contributed by atoms with Gasteiger partial charge in [-0.3, -0.25) is 29.4 Å².